The molecule has 0 bridgehead atoms. The number of nitrogens with zero attached hydrogens (tertiary/aromatic N) is 3. The molecule has 2 aromatic carbocycles. The van der Waals surface area contributed by atoms with Crippen molar-refractivity contribution in [2.24, 2.45) is 4.99 Å². The summed E-state index contributed by atoms with van der Waals surface area (Å²) in [6.07, 6.45) is 0. The Morgan fingerprint density at radius 3 is 2.63 bits per heavy atom. The number of aromatic nitrogens is 1. The summed E-state index contributed by atoms with van der Waals surface area (Å²) in [5, 5.41) is 4.85. The minimum absolute atomic E-state index is 0.120. The van der Waals surface area contributed by atoms with E-state index in [2.05, 4.69) is 5.16 Å². The number of carbonyl (C=O) groups is 1. The molecule has 27 heavy (non-hydrogen) atoms. The van der Waals surface area contributed by atoms with Crippen molar-refractivity contribution in [3.05, 3.63) is 71.5 Å². The number of thioether (sulfide) groups is 1. The Hall–Kier alpha value is -2.86. The number of para-hydroxylation sites is 1. The molecule has 2 heterocycles. The molecule has 0 spiro atoms. The van der Waals surface area contributed by atoms with Crippen LogP contribution in [0, 0.1) is 13.8 Å². The fourth-order valence-electron chi connectivity index (χ4n) is 3.03. The van der Waals surface area contributed by atoms with Gasteiger partial charge in [-0.15, -0.1) is 0 Å². The molecule has 4 rings (SSSR count). The molecule has 0 aliphatic carbocycles. The highest BCUT2D eigenvalue weighted by Crippen LogP contribution is 2.30. The molecule has 6 heteroatoms. The van der Waals surface area contributed by atoms with Gasteiger partial charge in [0, 0.05) is 17.9 Å². The maximum Gasteiger partial charge on any atom is 0.265 e. The van der Waals surface area contributed by atoms with Crippen LogP contribution in [0.4, 0.5) is 5.69 Å². The second kappa shape index (κ2) is 7.40. The minimum atomic E-state index is -0.120. The zero-order chi connectivity index (χ0) is 18.8. The van der Waals surface area contributed by atoms with E-state index in [1.165, 1.54) is 0 Å². The van der Waals surface area contributed by atoms with Gasteiger partial charge in [-0.25, -0.2) is 4.99 Å². The van der Waals surface area contributed by atoms with Crippen molar-refractivity contribution in [2.75, 3.05) is 12.3 Å². The molecule has 5 nitrogen and oxygen atoms in total. The first kappa shape index (κ1) is 17.5. The normalized spacial score (nSPS) is 15.5. The lowest BCUT2D eigenvalue weighted by Gasteiger charge is -2.16. The second-order valence-electron chi connectivity index (χ2n) is 6.31. The van der Waals surface area contributed by atoms with Crippen LogP contribution in [0.3, 0.4) is 0 Å². The molecule has 1 amide bonds. The van der Waals surface area contributed by atoms with Crippen molar-refractivity contribution in [1.82, 2.24) is 10.1 Å². The number of carbonyl (C=O) groups excluding carboxylic acids is 1. The average Bonchev–Trinajstić information content (AvgIpc) is 3.30. The fraction of sp³-hybridized carbons (Fsp3) is 0.190. The van der Waals surface area contributed by atoms with Gasteiger partial charge in [0.15, 0.2) is 5.17 Å². The Bertz CT molecular complexity index is 1010. The van der Waals surface area contributed by atoms with E-state index < -0.39 is 0 Å². The number of hydrogen-bond acceptors (Lipinski definition) is 5. The number of benzene rings is 2. The first-order chi connectivity index (χ1) is 13.1. The lowest BCUT2D eigenvalue weighted by molar-refractivity contribution is 0.0858. The average molecular weight is 377 g/mol. The molecule has 0 atom stereocenters. The van der Waals surface area contributed by atoms with Crippen LogP contribution in [0.5, 0.6) is 0 Å². The van der Waals surface area contributed by atoms with Crippen LogP contribution in [0.15, 0.2) is 64.1 Å². The van der Waals surface area contributed by atoms with Crippen molar-refractivity contribution in [3.63, 3.8) is 0 Å². The summed E-state index contributed by atoms with van der Waals surface area (Å²) < 4.78 is 5.36. The Kier molecular flexibility index (Phi) is 4.81. The van der Waals surface area contributed by atoms with Gasteiger partial charge in [-0.2, -0.15) is 0 Å². The monoisotopic (exact) mass is 377 g/mol. The molecule has 1 aliphatic heterocycles. The van der Waals surface area contributed by atoms with E-state index in [0.717, 1.165) is 22.6 Å². The largest absolute Gasteiger partial charge is 0.360 e. The summed E-state index contributed by atoms with van der Waals surface area (Å²) in [6.45, 7) is 4.41. The van der Waals surface area contributed by atoms with E-state index >= 15 is 0 Å². The zero-order valence-corrected chi connectivity index (χ0v) is 16.0. The Balaban J connectivity index is 1.71. The summed E-state index contributed by atoms with van der Waals surface area (Å²) in [5.41, 5.74) is 3.90. The highest BCUT2D eigenvalue weighted by molar-refractivity contribution is 8.14. The summed E-state index contributed by atoms with van der Waals surface area (Å²) in [4.78, 5) is 19.8. The zero-order valence-electron chi connectivity index (χ0n) is 15.2. The van der Waals surface area contributed by atoms with Gasteiger partial charge in [-0.1, -0.05) is 65.4 Å². The van der Waals surface area contributed by atoms with E-state index in [-0.39, 0.29) is 5.91 Å². The van der Waals surface area contributed by atoms with Crippen molar-refractivity contribution in [2.45, 2.75) is 13.8 Å². The molecule has 0 saturated carbocycles. The van der Waals surface area contributed by atoms with Crippen LogP contribution in [0.1, 0.15) is 21.7 Å². The molecule has 0 unspecified atom stereocenters. The van der Waals surface area contributed by atoms with Gasteiger partial charge >= 0.3 is 0 Å². The van der Waals surface area contributed by atoms with Gasteiger partial charge in [0.1, 0.15) is 17.0 Å². The van der Waals surface area contributed by atoms with Gasteiger partial charge in [0.05, 0.1) is 5.69 Å². The number of aryl methyl sites for hydroxylation is 2. The molecule has 0 radical (unpaired) electrons. The third-order valence-electron chi connectivity index (χ3n) is 4.48. The Morgan fingerprint density at radius 2 is 1.85 bits per heavy atom. The number of hydrogen-bond donors (Lipinski definition) is 0. The fourth-order valence-corrected chi connectivity index (χ4v) is 3.98. The molecule has 1 fully saturated rings. The van der Waals surface area contributed by atoms with Crippen molar-refractivity contribution < 1.29 is 9.32 Å². The molecule has 3 aromatic rings. The van der Waals surface area contributed by atoms with Gasteiger partial charge < -0.3 is 4.52 Å². The number of amides is 1. The maximum atomic E-state index is 13.3. The smallest absolute Gasteiger partial charge is 0.265 e. The molecule has 0 N–H and O–H groups in total. The molecule has 1 aromatic heterocycles. The van der Waals surface area contributed by atoms with Crippen molar-refractivity contribution >= 4 is 28.5 Å². The Morgan fingerprint density at radius 1 is 1.11 bits per heavy atom. The minimum Gasteiger partial charge on any atom is -0.360 e. The van der Waals surface area contributed by atoms with E-state index in [0.29, 0.717) is 28.7 Å². The van der Waals surface area contributed by atoms with Crippen LogP contribution in [0.25, 0.3) is 11.3 Å². The summed E-state index contributed by atoms with van der Waals surface area (Å²) in [7, 11) is 0. The van der Waals surface area contributed by atoms with Crippen LogP contribution >= 0.6 is 11.8 Å². The van der Waals surface area contributed by atoms with Gasteiger partial charge in [-0.3, -0.25) is 9.69 Å². The number of rotatable bonds is 3. The first-order valence-corrected chi connectivity index (χ1v) is 9.74. The molecular weight excluding hydrogens is 358 g/mol. The highest BCUT2D eigenvalue weighted by atomic mass is 32.2. The van der Waals surface area contributed by atoms with Gasteiger partial charge in [0.25, 0.3) is 5.91 Å². The predicted octanol–water partition coefficient (Wildman–Crippen LogP) is 4.84. The van der Waals surface area contributed by atoms with Crippen LogP contribution in [-0.4, -0.2) is 33.4 Å². The van der Waals surface area contributed by atoms with Crippen molar-refractivity contribution in [1.29, 1.82) is 0 Å². The summed E-state index contributed by atoms with van der Waals surface area (Å²) >= 11 is 1.59. The highest BCUT2D eigenvalue weighted by Gasteiger charge is 2.32. The summed E-state index contributed by atoms with van der Waals surface area (Å²) in [6, 6.07) is 17.5. The number of amidine groups is 1. The lowest BCUT2D eigenvalue weighted by Crippen LogP contribution is -2.32. The third-order valence-corrected chi connectivity index (χ3v) is 5.43. The maximum absolute atomic E-state index is 13.3. The van der Waals surface area contributed by atoms with Crippen LogP contribution < -0.4 is 0 Å². The molecule has 1 aliphatic rings. The predicted molar refractivity (Wildman–Crippen MR) is 108 cm³/mol. The van der Waals surface area contributed by atoms with E-state index in [4.69, 9.17) is 9.52 Å². The van der Waals surface area contributed by atoms with Crippen LogP contribution in [-0.2, 0) is 0 Å². The van der Waals surface area contributed by atoms with Crippen LogP contribution in [0.2, 0.25) is 0 Å². The van der Waals surface area contributed by atoms with E-state index in [9.17, 15) is 4.79 Å². The van der Waals surface area contributed by atoms with E-state index in [1.54, 1.807) is 23.6 Å². The Labute approximate surface area is 162 Å². The van der Waals surface area contributed by atoms with E-state index in [1.807, 2.05) is 61.5 Å². The molecule has 1 saturated heterocycles. The quantitative estimate of drug-likeness (QED) is 0.656. The number of aliphatic imine (C=N–C) groups is 1. The third kappa shape index (κ3) is 3.40. The SMILES string of the molecule is Cc1ccccc1N=C1SCCN1C(=O)c1c(-c2ccccc2)noc1C. The summed E-state index contributed by atoms with van der Waals surface area (Å²) in [5.74, 6) is 1.22. The first-order valence-electron chi connectivity index (χ1n) is 8.76. The topological polar surface area (TPSA) is 58.7 Å². The lowest BCUT2D eigenvalue weighted by atomic mass is 10.1. The molecular formula is C21H19N3O2S. The van der Waals surface area contributed by atoms with Crippen molar-refractivity contribution in [3.8, 4) is 11.3 Å². The molecule has 136 valence electrons. The standard InChI is InChI=1S/C21H19N3O2S/c1-14-8-6-7-11-17(14)22-21-24(12-13-27-21)20(25)18-15(2)26-23-19(18)16-9-4-3-5-10-16/h3-11H,12-13H2,1-2H3. The van der Waals surface area contributed by atoms with Gasteiger partial charge in [-0.05, 0) is 25.5 Å². The second-order valence-corrected chi connectivity index (χ2v) is 7.38. The van der Waals surface area contributed by atoms with Gasteiger partial charge in [0.2, 0.25) is 0 Å².